The van der Waals surface area contributed by atoms with Crippen LogP contribution >= 0.6 is 0 Å². The Morgan fingerprint density at radius 1 is 1.35 bits per heavy atom. The number of nitrogens with one attached hydrogen (secondary N) is 1. The van der Waals surface area contributed by atoms with Crippen molar-refractivity contribution in [2.24, 2.45) is 17.6 Å². The van der Waals surface area contributed by atoms with E-state index in [-0.39, 0.29) is 11.8 Å². The lowest BCUT2D eigenvalue weighted by molar-refractivity contribution is -0.124. The summed E-state index contributed by atoms with van der Waals surface area (Å²) in [4.78, 5) is 14.1. The number of aliphatic hydroxyl groups is 1. The Morgan fingerprint density at radius 3 is 2.61 bits per heavy atom. The van der Waals surface area contributed by atoms with Crippen LogP contribution in [0.4, 0.5) is 0 Å². The molecule has 2 rings (SSSR count). The summed E-state index contributed by atoms with van der Waals surface area (Å²) < 4.78 is 0. The molecule has 2 unspecified atom stereocenters. The number of likely N-dealkylation sites (tertiary alicyclic amines) is 1. The second-order valence-corrected chi connectivity index (χ2v) is 6.55. The summed E-state index contributed by atoms with van der Waals surface area (Å²) in [6.45, 7) is 5.59. The first-order chi connectivity index (χ1) is 11.1. The summed E-state index contributed by atoms with van der Waals surface area (Å²) in [5.74, 6) is 0.458. The Morgan fingerprint density at radius 2 is 2.00 bits per heavy atom. The molecule has 1 aromatic rings. The molecule has 0 aromatic heterocycles. The average molecular weight is 319 g/mol. The summed E-state index contributed by atoms with van der Waals surface area (Å²) in [6.07, 6.45) is 1.68. The molecule has 1 saturated heterocycles. The van der Waals surface area contributed by atoms with Crippen LogP contribution in [-0.2, 0) is 4.79 Å². The fraction of sp³-hybridized carbons (Fsp3) is 0.611. The summed E-state index contributed by atoms with van der Waals surface area (Å²) in [7, 11) is 0. The van der Waals surface area contributed by atoms with Crippen LogP contribution in [0.3, 0.4) is 0 Å². The number of piperidine rings is 1. The highest BCUT2D eigenvalue weighted by molar-refractivity contribution is 5.78. The molecule has 0 bridgehead atoms. The number of aliphatic hydroxyl groups excluding tert-OH is 1. The van der Waals surface area contributed by atoms with Crippen LogP contribution < -0.4 is 11.1 Å². The van der Waals surface area contributed by atoms with Gasteiger partial charge in [0.25, 0.3) is 0 Å². The van der Waals surface area contributed by atoms with E-state index in [0.717, 1.165) is 38.0 Å². The van der Waals surface area contributed by atoms with Gasteiger partial charge in [-0.15, -0.1) is 0 Å². The molecule has 0 spiro atoms. The summed E-state index contributed by atoms with van der Waals surface area (Å²) >= 11 is 0. The Kier molecular flexibility index (Phi) is 7.02. The second kappa shape index (κ2) is 9.01. The molecular weight excluding hydrogens is 290 g/mol. The maximum atomic E-state index is 11.7. The van der Waals surface area contributed by atoms with Gasteiger partial charge in [-0.2, -0.15) is 0 Å². The Labute approximate surface area is 138 Å². The minimum absolute atomic E-state index is 0.0504. The molecule has 128 valence electrons. The molecule has 1 aliphatic rings. The van der Waals surface area contributed by atoms with Gasteiger partial charge in [0.1, 0.15) is 0 Å². The van der Waals surface area contributed by atoms with E-state index in [9.17, 15) is 9.90 Å². The molecule has 4 N–H and O–H groups in total. The number of amides is 1. The van der Waals surface area contributed by atoms with Crippen molar-refractivity contribution in [1.82, 2.24) is 10.2 Å². The SMILES string of the molecule is CC(CN)C(=O)NCC1CCN(CC(O)c2ccccc2)CC1. The van der Waals surface area contributed by atoms with Gasteiger partial charge < -0.3 is 21.1 Å². The highest BCUT2D eigenvalue weighted by Gasteiger charge is 2.22. The maximum Gasteiger partial charge on any atom is 0.224 e. The van der Waals surface area contributed by atoms with E-state index >= 15 is 0 Å². The van der Waals surface area contributed by atoms with E-state index in [4.69, 9.17) is 5.73 Å². The van der Waals surface area contributed by atoms with Crippen LogP contribution in [0.15, 0.2) is 30.3 Å². The lowest BCUT2D eigenvalue weighted by Crippen LogP contribution is -2.41. The Bertz CT molecular complexity index is 472. The smallest absolute Gasteiger partial charge is 0.224 e. The molecular formula is C18H29N3O2. The van der Waals surface area contributed by atoms with E-state index in [2.05, 4.69) is 10.2 Å². The third kappa shape index (κ3) is 5.61. The van der Waals surface area contributed by atoms with Crippen molar-refractivity contribution >= 4 is 5.91 Å². The Hall–Kier alpha value is -1.43. The number of hydrogen-bond acceptors (Lipinski definition) is 4. The zero-order chi connectivity index (χ0) is 16.7. The normalized spacial score (nSPS) is 19.3. The third-order valence-corrected chi connectivity index (χ3v) is 4.69. The highest BCUT2D eigenvalue weighted by Crippen LogP contribution is 2.20. The molecule has 0 aliphatic carbocycles. The van der Waals surface area contributed by atoms with Gasteiger partial charge in [-0.25, -0.2) is 0 Å². The zero-order valence-corrected chi connectivity index (χ0v) is 13.9. The van der Waals surface area contributed by atoms with Crippen molar-refractivity contribution in [3.8, 4) is 0 Å². The van der Waals surface area contributed by atoms with Crippen molar-refractivity contribution in [2.45, 2.75) is 25.9 Å². The number of carbonyl (C=O) groups excluding carboxylic acids is 1. The quantitative estimate of drug-likeness (QED) is 0.704. The first kappa shape index (κ1) is 17.9. The molecule has 5 nitrogen and oxygen atoms in total. The molecule has 1 fully saturated rings. The van der Waals surface area contributed by atoms with E-state index in [1.807, 2.05) is 37.3 Å². The van der Waals surface area contributed by atoms with Crippen molar-refractivity contribution < 1.29 is 9.90 Å². The number of nitrogens with two attached hydrogens (primary N) is 1. The van der Waals surface area contributed by atoms with Crippen LogP contribution in [0.5, 0.6) is 0 Å². The van der Waals surface area contributed by atoms with Crippen LogP contribution in [0.25, 0.3) is 0 Å². The van der Waals surface area contributed by atoms with Crippen molar-refractivity contribution in [3.05, 3.63) is 35.9 Å². The van der Waals surface area contributed by atoms with Gasteiger partial charge in [0, 0.05) is 25.6 Å². The molecule has 0 radical (unpaired) electrons. The first-order valence-corrected chi connectivity index (χ1v) is 8.53. The van der Waals surface area contributed by atoms with Crippen LogP contribution in [-0.4, -0.2) is 48.6 Å². The van der Waals surface area contributed by atoms with Gasteiger partial charge in [-0.1, -0.05) is 37.3 Å². The number of carbonyl (C=O) groups is 1. The van der Waals surface area contributed by atoms with E-state index < -0.39 is 6.10 Å². The molecule has 1 amide bonds. The van der Waals surface area contributed by atoms with Gasteiger partial charge in [0.05, 0.1) is 6.10 Å². The number of rotatable bonds is 7. The number of nitrogens with zero attached hydrogens (tertiary/aromatic N) is 1. The van der Waals surface area contributed by atoms with Crippen LogP contribution in [0.2, 0.25) is 0 Å². The molecule has 5 heteroatoms. The lowest BCUT2D eigenvalue weighted by atomic mass is 9.96. The minimum Gasteiger partial charge on any atom is -0.387 e. The van der Waals surface area contributed by atoms with Crippen molar-refractivity contribution in [3.63, 3.8) is 0 Å². The monoisotopic (exact) mass is 319 g/mol. The van der Waals surface area contributed by atoms with Crippen LogP contribution in [0, 0.1) is 11.8 Å². The molecule has 1 aliphatic heterocycles. The third-order valence-electron chi connectivity index (χ3n) is 4.69. The molecule has 2 atom stereocenters. The van der Waals surface area contributed by atoms with Gasteiger partial charge >= 0.3 is 0 Å². The summed E-state index contributed by atoms with van der Waals surface area (Å²) in [5.41, 5.74) is 6.47. The predicted molar refractivity (Wildman–Crippen MR) is 91.8 cm³/mol. The van der Waals surface area contributed by atoms with Crippen molar-refractivity contribution in [2.75, 3.05) is 32.7 Å². The fourth-order valence-corrected chi connectivity index (χ4v) is 2.92. The topological polar surface area (TPSA) is 78.6 Å². The van der Waals surface area contributed by atoms with Crippen LogP contribution in [0.1, 0.15) is 31.4 Å². The molecule has 1 heterocycles. The summed E-state index contributed by atoms with van der Waals surface area (Å²) in [5, 5.41) is 13.3. The van der Waals surface area contributed by atoms with E-state index in [1.54, 1.807) is 0 Å². The molecule has 0 saturated carbocycles. The van der Waals surface area contributed by atoms with Crippen molar-refractivity contribution in [1.29, 1.82) is 0 Å². The van der Waals surface area contributed by atoms with Gasteiger partial charge in [0.15, 0.2) is 0 Å². The van der Waals surface area contributed by atoms with E-state index in [1.165, 1.54) is 0 Å². The average Bonchev–Trinajstić information content (AvgIpc) is 2.60. The number of benzene rings is 1. The first-order valence-electron chi connectivity index (χ1n) is 8.53. The largest absolute Gasteiger partial charge is 0.387 e. The number of β-amino-alcohol motifs (C(OH)–C–C–N with tert-alkyl or cyclic N) is 1. The zero-order valence-electron chi connectivity index (χ0n) is 13.9. The standard InChI is InChI=1S/C18H29N3O2/c1-14(11-19)18(23)20-12-15-7-9-21(10-8-15)13-17(22)16-5-3-2-4-6-16/h2-6,14-15,17,22H,7-13,19H2,1H3,(H,20,23). The second-order valence-electron chi connectivity index (χ2n) is 6.55. The Balaban J connectivity index is 1.69. The highest BCUT2D eigenvalue weighted by atomic mass is 16.3. The van der Waals surface area contributed by atoms with Gasteiger partial charge in [-0.05, 0) is 37.4 Å². The van der Waals surface area contributed by atoms with Gasteiger partial charge in [-0.3, -0.25) is 4.79 Å². The molecule has 1 aromatic carbocycles. The predicted octanol–water partition coefficient (Wildman–Crippen LogP) is 1.14. The molecule has 23 heavy (non-hydrogen) atoms. The number of hydrogen-bond donors (Lipinski definition) is 3. The maximum absolute atomic E-state index is 11.7. The van der Waals surface area contributed by atoms with Gasteiger partial charge in [0.2, 0.25) is 5.91 Å². The van der Waals surface area contributed by atoms with E-state index in [0.29, 0.717) is 19.0 Å². The fourth-order valence-electron chi connectivity index (χ4n) is 2.92. The summed E-state index contributed by atoms with van der Waals surface area (Å²) in [6, 6.07) is 9.80. The minimum atomic E-state index is -0.433. The lowest BCUT2D eigenvalue weighted by Gasteiger charge is -2.33.